The lowest BCUT2D eigenvalue weighted by atomic mass is 9.95. The molecule has 0 saturated carbocycles. The van der Waals surface area contributed by atoms with Crippen molar-refractivity contribution in [2.75, 3.05) is 13.7 Å². The van der Waals surface area contributed by atoms with E-state index >= 15 is 0 Å². The Hall–Kier alpha value is -4.38. The van der Waals surface area contributed by atoms with Crippen LogP contribution >= 0.6 is 0 Å². The molecule has 2 aromatic heterocycles. The molecule has 1 aliphatic heterocycles. The number of imidazole rings is 2. The van der Waals surface area contributed by atoms with Crippen molar-refractivity contribution in [2.45, 2.75) is 45.8 Å². The number of carbonyl (C=O) groups excluding carboxylic acids is 1. The molecule has 0 N–H and O–H groups in total. The van der Waals surface area contributed by atoms with Gasteiger partial charge in [0.25, 0.3) is 0 Å². The summed E-state index contributed by atoms with van der Waals surface area (Å²) in [7, 11) is 1.67. The number of fused-ring (bicyclic) bond motifs is 1. The molecule has 0 aliphatic carbocycles. The maximum atomic E-state index is 13.8. The van der Waals surface area contributed by atoms with Crippen molar-refractivity contribution < 1.29 is 9.53 Å². The number of rotatable bonds is 8. The summed E-state index contributed by atoms with van der Waals surface area (Å²) >= 11 is 0. The van der Waals surface area contributed by atoms with E-state index in [0.717, 1.165) is 40.5 Å². The molecule has 1 unspecified atom stereocenters. The fourth-order valence-electron chi connectivity index (χ4n) is 5.16. The highest BCUT2D eigenvalue weighted by Crippen LogP contribution is 2.37. The van der Waals surface area contributed by atoms with E-state index in [1.165, 1.54) is 0 Å². The molecule has 1 amide bonds. The molecule has 2 atom stereocenters. The second-order valence-electron chi connectivity index (χ2n) is 9.76. The maximum absolute atomic E-state index is 13.8. The van der Waals surface area contributed by atoms with Crippen LogP contribution in [-0.4, -0.2) is 43.6 Å². The van der Waals surface area contributed by atoms with Crippen LogP contribution in [0.15, 0.2) is 67.3 Å². The fourth-order valence-corrected chi connectivity index (χ4v) is 5.16. The first-order valence-electron chi connectivity index (χ1n) is 13.0. The van der Waals surface area contributed by atoms with Crippen molar-refractivity contribution in [1.82, 2.24) is 24.0 Å². The number of nitrogens with zero attached hydrogens (tertiary/aromatic N) is 6. The van der Waals surface area contributed by atoms with Gasteiger partial charge in [0.15, 0.2) is 5.69 Å². The van der Waals surface area contributed by atoms with Crippen LogP contribution in [0.5, 0.6) is 5.75 Å². The van der Waals surface area contributed by atoms with E-state index in [1.54, 1.807) is 19.6 Å². The van der Waals surface area contributed by atoms with Gasteiger partial charge in [-0.3, -0.25) is 4.79 Å². The van der Waals surface area contributed by atoms with Crippen molar-refractivity contribution in [3.8, 4) is 17.0 Å². The van der Waals surface area contributed by atoms with Crippen LogP contribution in [0.25, 0.3) is 16.1 Å². The largest absolute Gasteiger partial charge is 0.496 e. The van der Waals surface area contributed by atoms with E-state index < -0.39 is 0 Å². The van der Waals surface area contributed by atoms with Gasteiger partial charge < -0.3 is 18.8 Å². The molecular weight excluding hydrogens is 476 g/mol. The predicted octanol–water partition coefficient (Wildman–Crippen LogP) is 5.53. The zero-order valence-corrected chi connectivity index (χ0v) is 22.0. The number of aromatic nitrogens is 4. The number of hydrogen-bond donors (Lipinski definition) is 0. The molecular formula is C30H32N6O2. The van der Waals surface area contributed by atoms with Gasteiger partial charge in [-0.1, -0.05) is 56.7 Å². The second-order valence-corrected chi connectivity index (χ2v) is 9.76. The van der Waals surface area contributed by atoms with Gasteiger partial charge in [-0.25, -0.2) is 14.8 Å². The zero-order valence-electron chi connectivity index (χ0n) is 22.0. The Balaban J connectivity index is 1.39. The summed E-state index contributed by atoms with van der Waals surface area (Å²) in [5.74, 6) is 2.03. The summed E-state index contributed by atoms with van der Waals surface area (Å²) in [4.78, 5) is 28.6. The second kappa shape index (κ2) is 10.9. The number of para-hydroxylation sites is 1. The van der Waals surface area contributed by atoms with Crippen molar-refractivity contribution in [3.63, 3.8) is 0 Å². The molecule has 0 spiro atoms. The van der Waals surface area contributed by atoms with E-state index in [4.69, 9.17) is 16.3 Å². The molecule has 5 rings (SSSR count). The van der Waals surface area contributed by atoms with E-state index in [-0.39, 0.29) is 24.3 Å². The Kier molecular flexibility index (Phi) is 7.27. The predicted molar refractivity (Wildman–Crippen MR) is 146 cm³/mol. The lowest BCUT2D eigenvalue weighted by Crippen LogP contribution is -2.45. The number of methoxy groups -OCH3 is 1. The van der Waals surface area contributed by atoms with Crippen LogP contribution in [-0.2, 0) is 24.3 Å². The summed E-state index contributed by atoms with van der Waals surface area (Å²) in [6, 6.07) is 15.3. The number of hydrogen-bond acceptors (Lipinski definition) is 4. The van der Waals surface area contributed by atoms with Crippen LogP contribution in [0.2, 0.25) is 0 Å². The van der Waals surface area contributed by atoms with E-state index in [0.29, 0.717) is 25.3 Å². The lowest BCUT2D eigenvalue weighted by Gasteiger charge is -2.39. The van der Waals surface area contributed by atoms with Gasteiger partial charge in [0.1, 0.15) is 11.6 Å². The van der Waals surface area contributed by atoms with E-state index in [9.17, 15) is 4.79 Å². The smallest absolute Gasteiger partial charge is 0.229 e. The molecule has 8 nitrogen and oxygen atoms in total. The monoisotopic (exact) mass is 508 g/mol. The molecule has 1 aliphatic rings. The Morgan fingerprint density at radius 1 is 1.18 bits per heavy atom. The highest BCUT2D eigenvalue weighted by atomic mass is 16.5. The van der Waals surface area contributed by atoms with E-state index in [2.05, 4.69) is 34.4 Å². The van der Waals surface area contributed by atoms with Crippen LogP contribution < -0.4 is 4.74 Å². The normalized spacial score (nSPS) is 15.5. The first-order chi connectivity index (χ1) is 18.5. The topological polar surface area (TPSA) is 69.5 Å². The van der Waals surface area contributed by atoms with Crippen molar-refractivity contribution >= 4 is 11.6 Å². The minimum Gasteiger partial charge on any atom is -0.496 e. The summed E-state index contributed by atoms with van der Waals surface area (Å²) < 4.78 is 9.78. The van der Waals surface area contributed by atoms with Crippen LogP contribution in [0.4, 0.5) is 5.69 Å². The molecule has 0 bridgehead atoms. The van der Waals surface area contributed by atoms with E-state index in [1.807, 2.05) is 58.0 Å². The molecule has 2 aromatic carbocycles. The Bertz CT molecular complexity index is 1460. The van der Waals surface area contributed by atoms with Crippen LogP contribution in [0.1, 0.15) is 43.4 Å². The van der Waals surface area contributed by atoms with Crippen molar-refractivity contribution in [1.29, 1.82) is 0 Å². The minimum atomic E-state index is -0.109. The number of amides is 1. The van der Waals surface area contributed by atoms with Crippen molar-refractivity contribution in [2.24, 2.45) is 5.92 Å². The van der Waals surface area contributed by atoms with Gasteiger partial charge in [-0.15, -0.1) is 0 Å². The number of carbonyl (C=O) groups is 1. The highest BCUT2D eigenvalue weighted by molar-refractivity contribution is 5.79. The molecule has 0 radical (unpaired) electrons. The molecule has 0 saturated heterocycles. The average Bonchev–Trinajstić information content (AvgIpc) is 3.59. The molecule has 4 aromatic rings. The number of ether oxygens (including phenoxy) is 1. The third-order valence-corrected chi connectivity index (χ3v) is 7.42. The molecule has 194 valence electrons. The number of benzene rings is 2. The highest BCUT2D eigenvalue weighted by Gasteiger charge is 2.36. The fraction of sp³-hybridized carbons (Fsp3) is 0.333. The molecule has 0 fully saturated rings. The lowest BCUT2D eigenvalue weighted by molar-refractivity contribution is -0.135. The zero-order chi connectivity index (χ0) is 26.6. The molecule has 3 heterocycles. The standard InChI is InChI=1S/C30H32N6O2/c1-5-21(2)29-30-33-26(25-8-6-7-9-27(25)38-4)19-34(30)14-15-36(29)28(37)16-24-17-32-20-35(24)18-22-10-12-23(31-3)13-11-22/h6-13,17,19-21,29H,5,14-16,18H2,1-2,4H3/t21?,29-/m0/s1. The van der Waals surface area contributed by atoms with Gasteiger partial charge in [0, 0.05) is 43.3 Å². The van der Waals surface area contributed by atoms with Gasteiger partial charge in [-0.2, -0.15) is 0 Å². The third-order valence-electron chi connectivity index (χ3n) is 7.42. The quantitative estimate of drug-likeness (QED) is 0.294. The Morgan fingerprint density at radius 2 is 1.97 bits per heavy atom. The SMILES string of the molecule is [C-]#[N+]c1ccc(Cn2cncc2CC(=O)N2CCn3cc(-c4ccccc4OC)nc3[C@@H]2C(C)CC)cc1. The van der Waals surface area contributed by atoms with Crippen LogP contribution in [0, 0.1) is 12.5 Å². The third kappa shape index (κ3) is 4.92. The summed E-state index contributed by atoms with van der Waals surface area (Å²) in [6.07, 6.45) is 6.82. The van der Waals surface area contributed by atoms with Gasteiger partial charge in [-0.05, 0) is 23.6 Å². The Labute approximate surface area is 223 Å². The summed E-state index contributed by atoms with van der Waals surface area (Å²) in [5, 5.41) is 0. The first-order valence-corrected chi connectivity index (χ1v) is 13.0. The van der Waals surface area contributed by atoms with Crippen molar-refractivity contribution in [3.05, 3.63) is 95.8 Å². The van der Waals surface area contributed by atoms with Gasteiger partial charge in [0.2, 0.25) is 5.91 Å². The summed E-state index contributed by atoms with van der Waals surface area (Å²) in [5.41, 5.74) is 4.36. The minimum absolute atomic E-state index is 0.0773. The Morgan fingerprint density at radius 3 is 2.71 bits per heavy atom. The first kappa shape index (κ1) is 25.3. The molecule has 8 heteroatoms. The average molecular weight is 509 g/mol. The molecule has 38 heavy (non-hydrogen) atoms. The summed E-state index contributed by atoms with van der Waals surface area (Å²) in [6.45, 7) is 13.4. The van der Waals surface area contributed by atoms with Crippen LogP contribution in [0.3, 0.4) is 0 Å². The maximum Gasteiger partial charge on any atom is 0.229 e. The van der Waals surface area contributed by atoms with Gasteiger partial charge in [0.05, 0.1) is 38.2 Å². The van der Waals surface area contributed by atoms with Gasteiger partial charge >= 0.3 is 0 Å².